The molecule has 1 fully saturated rings. The van der Waals surface area contributed by atoms with E-state index in [-0.39, 0.29) is 37.0 Å². The molecule has 0 unspecified atom stereocenters. The van der Waals surface area contributed by atoms with Gasteiger partial charge in [0.05, 0.1) is 17.6 Å². The van der Waals surface area contributed by atoms with E-state index in [1.54, 1.807) is 35.4 Å². The fraction of sp³-hybridized carbons (Fsp3) is 0.333. The van der Waals surface area contributed by atoms with E-state index in [9.17, 15) is 18.0 Å². The number of rotatable bonds is 6. The Morgan fingerprint density at radius 3 is 2.52 bits per heavy atom. The Kier molecular flexibility index (Phi) is 4.79. The molecule has 1 aliphatic heterocycles. The third kappa shape index (κ3) is 4.21. The van der Waals surface area contributed by atoms with Crippen LogP contribution in [0.25, 0.3) is 5.82 Å². The Bertz CT molecular complexity index is 846. The SMILES string of the molecule is O=C1CCCC(=O)N1CCS(=O)(=O)Nc1ccc(-n2ccnc2)nc1. The van der Waals surface area contributed by atoms with Crippen LogP contribution in [0, 0.1) is 0 Å². The highest BCUT2D eigenvalue weighted by atomic mass is 32.2. The molecular formula is C15H17N5O4S. The summed E-state index contributed by atoms with van der Waals surface area (Å²) in [6.45, 7) is -0.145. The maximum atomic E-state index is 12.2. The molecule has 132 valence electrons. The molecule has 1 N–H and O–H groups in total. The number of hydrogen-bond acceptors (Lipinski definition) is 6. The number of amides is 2. The Morgan fingerprint density at radius 1 is 1.16 bits per heavy atom. The third-order valence-corrected chi connectivity index (χ3v) is 5.02. The number of anilines is 1. The molecule has 0 radical (unpaired) electrons. The highest BCUT2D eigenvalue weighted by molar-refractivity contribution is 7.92. The second-order valence-electron chi connectivity index (χ2n) is 5.59. The topological polar surface area (TPSA) is 114 Å². The van der Waals surface area contributed by atoms with Crippen molar-refractivity contribution in [2.45, 2.75) is 19.3 Å². The van der Waals surface area contributed by atoms with Crippen molar-refractivity contribution in [2.24, 2.45) is 0 Å². The molecular weight excluding hydrogens is 346 g/mol. The van der Waals surface area contributed by atoms with E-state index in [1.807, 2.05) is 0 Å². The number of carbonyl (C=O) groups excluding carboxylic acids is 2. The number of nitrogens with zero attached hydrogens (tertiary/aromatic N) is 4. The molecule has 3 rings (SSSR count). The first kappa shape index (κ1) is 17.1. The van der Waals surface area contributed by atoms with Gasteiger partial charge in [0.25, 0.3) is 0 Å². The minimum Gasteiger partial charge on any atom is -0.291 e. The normalized spacial score (nSPS) is 15.4. The first-order valence-corrected chi connectivity index (χ1v) is 9.38. The van der Waals surface area contributed by atoms with Gasteiger partial charge < -0.3 is 0 Å². The molecule has 0 spiro atoms. The van der Waals surface area contributed by atoms with Crippen LogP contribution >= 0.6 is 0 Å². The number of imidazole rings is 1. The van der Waals surface area contributed by atoms with E-state index in [1.165, 1.54) is 6.20 Å². The van der Waals surface area contributed by atoms with Gasteiger partial charge in [-0.2, -0.15) is 0 Å². The highest BCUT2D eigenvalue weighted by Crippen LogP contribution is 2.14. The highest BCUT2D eigenvalue weighted by Gasteiger charge is 2.27. The number of likely N-dealkylation sites (tertiary alicyclic amines) is 1. The molecule has 1 aliphatic rings. The summed E-state index contributed by atoms with van der Waals surface area (Å²) in [5.41, 5.74) is 0.306. The number of nitrogens with one attached hydrogen (secondary N) is 1. The summed E-state index contributed by atoms with van der Waals surface area (Å²) in [5.74, 6) is -0.395. The molecule has 2 aromatic rings. The van der Waals surface area contributed by atoms with Crippen LogP contribution in [0.3, 0.4) is 0 Å². The zero-order valence-corrected chi connectivity index (χ0v) is 14.1. The summed E-state index contributed by atoms with van der Waals surface area (Å²) >= 11 is 0. The van der Waals surface area contributed by atoms with Gasteiger partial charge in [-0.3, -0.25) is 23.8 Å². The Balaban J connectivity index is 1.61. The van der Waals surface area contributed by atoms with Crippen molar-refractivity contribution in [1.82, 2.24) is 19.4 Å². The van der Waals surface area contributed by atoms with Crippen molar-refractivity contribution in [1.29, 1.82) is 0 Å². The van der Waals surface area contributed by atoms with E-state index in [0.717, 1.165) is 4.90 Å². The van der Waals surface area contributed by atoms with Crippen LogP contribution in [0.1, 0.15) is 19.3 Å². The predicted octanol–water partition coefficient (Wildman–Crippen LogP) is 0.548. The summed E-state index contributed by atoms with van der Waals surface area (Å²) in [7, 11) is -3.70. The van der Waals surface area contributed by atoms with Crippen LogP contribution in [0.15, 0.2) is 37.1 Å². The van der Waals surface area contributed by atoms with Crippen LogP contribution < -0.4 is 4.72 Å². The standard InChI is InChI=1S/C15H17N5O4S/c21-14-2-1-3-15(22)20(14)8-9-25(23,24)18-12-4-5-13(17-10-12)19-7-6-16-11-19/h4-7,10-11,18H,1-3,8-9H2. The molecule has 25 heavy (non-hydrogen) atoms. The molecule has 0 saturated carbocycles. The minimum atomic E-state index is -3.70. The number of piperidine rings is 1. The lowest BCUT2D eigenvalue weighted by atomic mass is 10.1. The lowest BCUT2D eigenvalue weighted by Gasteiger charge is -2.24. The minimum absolute atomic E-state index is 0.145. The largest absolute Gasteiger partial charge is 0.291 e. The van der Waals surface area contributed by atoms with Crippen molar-refractivity contribution in [3.63, 3.8) is 0 Å². The van der Waals surface area contributed by atoms with Crippen molar-refractivity contribution in [2.75, 3.05) is 17.0 Å². The molecule has 2 aromatic heterocycles. The lowest BCUT2D eigenvalue weighted by molar-refractivity contribution is -0.147. The predicted molar refractivity (Wildman–Crippen MR) is 89.3 cm³/mol. The van der Waals surface area contributed by atoms with Crippen molar-refractivity contribution >= 4 is 27.5 Å². The summed E-state index contributed by atoms with van der Waals surface area (Å²) in [4.78, 5) is 32.5. The summed E-state index contributed by atoms with van der Waals surface area (Å²) in [5, 5.41) is 0. The van der Waals surface area contributed by atoms with E-state index >= 15 is 0 Å². The van der Waals surface area contributed by atoms with Gasteiger partial charge in [-0.25, -0.2) is 18.4 Å². The van der Waals surface area contributed by atoms with Gasteiger partial charge in [0, 0.05) is 31.8 Å². The second kappa shape index (κ2) is 7.01. The van der Waals surface area contributed by atoms with Crippen molar-refractivity contribution in [3.8, 4) is 5.82 Å². The summed E-state index contributed by atoms with van der Waals surface area (Å²) in [6.07, 6.45) is 7.38. The average Bonchev–Trinajstić information content (AvgIpc) is 3.09. The van der Waals surface area contributed by atoms with Gasteiger partial charge in [-0.05, 0) is 18.6 Å². The maximum Gasteiger partial charge on any atom is 0.234 e. The Morgan fingerprint density at radius 2 is 1.92 bits per heavy atom. The van der Waals surface area contributed by atoms with Gasteiger partial charge in [0.15, 0.2) is 0 Å². The lowest BCUT2D eigenvalue weighted by Crippen LogP contribution is -2.43. The van der Waals surface area contributed by atoms with Gasteiger partial charge in [-0.1, -0.05) is 0 Å². The zero-order chi connectivity index (χ0) is 17.9. The summed E-state index contributed by atoms with van der Waals surface area (Å²) in [6, 6.07) is 3.23. The molecule has 2 amide bonds. The van der Waals surface area contributed by atoms with E-state index in [4.69, 9.17) is 0 Å². The third-order valence-electron chi connectivity index (χ3n) is 3.76. The van der Waals surface area contributed by atoms with E-state index in [0.29, 0.717) is 17.9 Å². The van der Waals surface area contributed by atoms with Crippen molar-refractivity contribution < 1.29 is 18.0 Å². The molecule has 10 heteroatoms. The first-order valence-electron chi connectivity index (χ1n) is 7.73. The van der Waals surface area contributed by atoms with Gasteiger partial charge >= 0.3 is 0 Å². The fourth-order valence-electron chi connectivity index (χ4n) is 2.49. The molecule has 1 saturated heterocycles. The van der Waals surface area contributed by atoms with Crippen LogP contribution in [-0.4, -0.2) is 52.0 Å². The fourth-order valence-corrected chi connectivity index (χ4v) is 3.49. The maximum absolute atomic E-state index is 12.2. The van der Waals surface area contributed by atoms with Gasteiger partial charge in [0.2, 0.25) is 21.8 Å². The van der Waals surface area contributed by atoms with E-state index in [2.05, 4.69) is 14.7 Å². The Labute approximate surface area is 144 Å². The van der Waals surface area contributed by atoms with Gasteiger partial charge in [0.1, 0.15) is 12.1 Å². The molecule has 9 nitrogen and oxygen atoms in total. The number of carbonyl (C=O) groups is 2. The zero-order valence-electron chi connectivity index (χ0n) is 13.3. The van der Waals surface area contributed by atoms with Gasteiger partial charge in [-0.15, -0.1) is 0 Å². The first-order chi connectivity index (χ1) is 11.9. The molecule has 0 bridgehead atoms. The summed E-state index contributed by atoms with van der Waals surface area (Å²) < 4.78 is 28.4. The number of sulfonamides is 1. The van der Waals surface area contributed by atoms with E-state index < -0.39 is 10.0 Å². The smallest absolute Gasteiger partial charge is 0.234 e. The number of pyridine rings is 1. The number of imide groups is 1. The quantitative estimate of drug-likeness (QED) is 0.750. The monoisotopic (exact) mass is 363 g/mol. The number of hydrogen-bond donors (Lipinski definition) is 1. The molecule has 0 aliphatic carbocycles. The average molecular weight is 363 g/mol. The molecule has 0 atom stereocenters. The van der Waals surface area contributed by atoms with Crippen LogP contribution in [0.5, 0.6) is 0 Å². The Hall–Kier alpha value is -2.75. The number of aromatic nitrogens is 3. The van der Waals surface area contributed by atoms with Crippen LogP contribution in [-0.2, 0) is 19.6 Å². The van der Waals surface area contributed by atoms with Crippen LogP contribution in [0.4, 0.5) is 5.69 Å². The van der Waals surface area contributed by atoms with Crippen LogP contribution in [0.2, 0.25) is 0 Å². The second-order valence-corrected chi connectivity index (χ2v) is 7.43. The molecule has 0 aromatic carbocycles. The van der Waals surface area contributed by atoms with Crippen molar-refractivity contribution in [3.05, 3.63) is 37.1 Å². The molecule has 3 heterocycles.